The minimum Gasteiger partial charge on any atom is -0.441 e. The van der Waals surface area contributed by atoms with Crippen molar-refractivity contribution >= 4 is 11.3 Å². The Hall–Kier alpha value is -2.02. The molecule has 2 aromatic heterocycles. The highest BCUT2D eigenvalue weighted by Crippen LogP contribution is 2.26. The van der Waals surface area contributed by atoms with Gasteiger partial charge in [0.1, 0.15) is 16.9 Å². The molecule has 1 atom stereocenters. The van der Waals surface area contributed by atoms with Crippen LogP contribution < -0.4 is 0 Å². The highest BCUT2D eigenvalue weighted by atomic mass is 32.1. The van der Waals surface area contributed by atoms with Gasteiger partial charge in [-0.15, -0.1) is 11.3 Å². The topological polar surface area (TPSA) is 51.4 Å². The second-order valence-electron chi connectivity index (χ2n) is 5.85. The number of thiazole rings is 1. The summed E-state index contributed by atoms with van der Waals surface area (Å²) < 4.78 is 11.7. The van der Waals surface area contributed by atoms with E-state index in [0.29, 0.717) is 12.5 Å². The van der Waals surface area contributed by atoms with Gasteiger partial charge in [0.15, 0.2) is 0 Å². The van der Waals surface area contributed by atoms with Crippen LogP contribution in [0.3, 0.4) is 0 Å². The standard InChI is InChI=1S/C18H19N3O2S/c1-13-15(20-17(23-13)14-5-3-2-4-6-14)11-21-8-9-22-16(12-21)18-19-7-10-24-18/h2-7,10,16H,8-9,11-12H2,1H3/t16-/m1/s1. The molecule has 3 heterocycles. The van der Waals surface area contributed by atoms with E-state index in [2.05, 4.69) is 9.88 Å². The molecule has 0 aliphatic carbocycles. The first-order valence-corrected chi connectivity index (χ1v) is 8.92. The van der Waals surface area contributed by atoms with Crippen LogP contribution in [0.15, 0.2) is 46.3 Å². The number of morpholine rings is 1. The predicted octanol–water partition coefficient (Wildman–Crippen LogP) is 3.68. The van der Waals surface area contributed by atoms with Crippen LogP contribution in [-0.2, 0) is 11.3 Å². The lowest BCUT2D eigenvalue weighted by Crippen LogP contribution is -2.38. The molecule has 1 aliphatic heterocycles. The van der Waals surface area contributed by atoms with E-state index in [1.165, 1.54) is 0 Å². The number of benzene rings is 1. The zero-order valence-electron chi connectivity index (χ0n) is 13.5. The average Bonchev–Trinajstić information content (AvgIpc) is 3.27. The number of hydrogen-bond donors (Lipinski definition) is 0. The predicted molar refractivity (Wildman–Crippen MR) is 92.8 cm³/mol. The first kappa shape index (κ1) is 15.5. The molecule has 0 radical (unpaired) electrons. The molecular formula is C18H19N3O2S. The molecule has 0 bridgehead atoms. The molecular weight excluding hydrogens is 322 g/mol. The molecule has 3 aromatic rings. The lowest BCUT2D eigenvalue weighted by atomic mass is 10.2. The van der Waals surface area contributed by atoms with Crippen LogP contribution in [0.5, 0.6) is 0 Å². The van der Waals surface area contributed by atoms with Gasteiger partial charge in [-0.1, -0.05) is 18.2 Å². The van der Waals surface area contributed by atoms with Gasteiger partial charge in [-0.05, 0) is 19.1 Å². The van der Waals surface area contributed by atoms with Crippen molar-refractivity contribution in [2.75, 3.05) is 19.7 Å². The smallest absolute Gasteiger partial charge is 0.226 e. The summed E-state index contributed by atoms with van der Waals surface area (Å²) in [4.78, 5) is 11.4. The second kappa shape index (κ2) is 6.84. The lowest BCUT2D eigenvalue weighted by Gasteiger charge is -2.31. The maximum atomic E-state index is 5.86. The number of rotatable bonds is 4. The van der Waals surface area contributed by atoms with E-state index < -0.39 is 0 Å². The van der Waals surface area contributed by atoms with Crippen LogP contribution in [0.4, 0.5) is 0 Å². The molecule has 5 nitrogen and oxygen atoms in total. The molecule has 24 heavy (non-hydrogen) atoms. The Labute approximate surface area is 144 Å². The first-order chi connectivity index (χ1) is 11.8. The molecule has 0 amide bonds. The van der Waals surface area contributed by atoms with Crippen molar-refractivity contribution in [3.05, 3.63) is 58.4 Å². The van der Waals surface area contributed by atoms with Gasteiger partial charge in [0.05, 0.1) is 12.3 Å². The van der Waals surface area contributed by atoms with Crippen molar-refractivity contribution < 1.29 is 9.15 Å². The number of nitrogens with zero attached hydrogens (tertiary/aromatic N) is 3. The van der Waals surface area contributed by atoms with Gasteiger partial charge in [-0.25, -0.2) is 9.97 Å². The average molecular weight is 341 g/mol. The molecule has 1 aromatic carbocycles. The third-order valence-electron chi connectivity index (χ3n) is 4.16. The summed E-state index contributed by atoms with van der Waals surface area (Å²) in [5, 5.41) is 3.03. The summed E-state index contributed by atoms with van der Waals surface area (Å²) in [6.07, 6.45) is 1.88. The van der Waals surface area contributed by atoms with Crippen LogP contribution in [0, 0.1) is 6.92 Å². The molecule has 0 spiro atoms. The zero-order valence-corrected chi connectivity index (χ0v) is 14.3. The van der Waals surface area contributed by atoms with Crippen molar-refractivity contribution in [1.82, 2.24) is 14.9 Å². The monoisotopic (exact) mass is 341 g/mol. The Morgan fingerprint density at radius 3 is 2.96 bits per heavy atom. The quantitative estimate of drug-likeness (QED) is 0.724. The second-order valence-corrected chi connectivity index (χ2v) is 6.78. The molecule has 0 saturated carbocycles. The summed E-state index contributed by atoms with van der Waals surface area (Å²) in [5.41, 5.74) is 2.00. The first-order valence-electron chi connectivity index (χ1n) is 8.04. The fourth-order valence-corrected chi connectivity index (χ4v) is 3.56. The summed E-state index contributed by atoms with van der Waals surface area (Å²) in [7, 11) is 0. The van der Waals surface area contributed by atoms with Crippen molar-refractivity contribution in [3.8, 4) is 11.5 Å². The minimum atomic E-state index is 0.0551. The van der Waals surface area contributed by atoms with E-state index in [1.807, 2.05) is 48.8 Å². The van der Waals surface area contributed by atoms with Crippen LogP contribution in [-0.4, -0.2) is 34.6 Å². The summed E-state index contributed by atoms with van der Waals surface area (Å²) in [5.74, 6) is 1.57. The largest absolute Gasteiger partial charge is 0.441 e. The van der Waals surface area contributed by atoms with E-state index in [4.69, 9.17) is 14.1 Å². The van der Waals surface area contributed by atoms with Crippen LogP contribution >= 0.6 is 11.3 Å². The maximum Gasteiger partial charge on any atom is 0.226 e. The molecule has 0 unspecified atom stereocenters. The number of hydrogen-bond acceptors (Lipinski definition) is 6. The fourth-order valence-electron chi connectivity index (χ4n) is 2.88. The Kier molecular flexibility index (Phi) is 4.42. The van der Waals surface area contributed by atoms with E-state index >= 15 is 0 Å². The van der Waals surface area contributed by atoms with E-state index in [1.54, 1.807) is 11.3 Å². The third kappa shape index (κ3) is 3.26. The van der Waals surface area contributed by atoms with Gasteiger partial charge in [0.25, 0.3) is 0 Å². The number of oxazole rings is 1. The summed E-state index contributed by atoms with van der Waals surface area (Å²) in [6.45, 7) is 5.20. The van der Waals surface area contributed by atoms with Gasteiger partial charge < -0.3 is 9.15 Å². The van der Waals surface area contributed by atoms with E-state index in [-0.39, 0.29) is 6.10 Å². The molecule has 4 rings (SSSR count). The maximum absolute atomic E-state index is 5.86. The zero-order chi connectivity index (χ0) is 16.4. The Morgan fingerprint density at radius 1 is 1.29 bits per heavy atom. The fraction of sp³-hybridized carbons (Fsp3) is 0.333. The third-order valence-corrected chi connectivity index (χ3v) is 5.03. The van der Waals surface area contributed by atoms with Gasteiger partial charge in [0, 0.05) is 36.8 Å². The number of aromatic nitrogens is 2. The van der Waals surface area contributed by atoms with Gasteiger partial charge in [-0.3, -0.25) is 4.90 Å². The molecule has 1 fully saturated rings. The van der Waals surface area contributed by atoms with Crippen LogP contribution in [0.25, 0.3) is 11.5 Å². The summed E-state index contributed by atoms with van der Waals surface area (Å²) in [6, 6.07) is 10.0. The Bertz CT molecular complexity index is 786. The van der Waals surface area contributed by atoms with Crippen molar-refractivity contribution in [2.24, 2.45) is 0 Å². The number of ether oxygens (including phenoxy) is 1. The van der Waals surface area contributed by atoms with E-state index in [9.17, 15) is 0 Å². The van der Waals surface area contributed by atoms with Crippen molar-refractivity contribution in [1.29, 1.82) is 0 Å². The molecule has 0 N–H and O–H groups in total. The lowest BCUT2D eigenvalue weighted by molar-refractivity contribution is -0.0334. The normalized spacial score (nSPS) is 18.8. The Morgan fingerprint density at radius 2 is 2.17 bits per heavy atom. The SMILES string of the molecule is Cc1oc(-c2ccccc2)nc1CN1CCO[C@@H](c2nccs2)C1. The molecule has 1 aliphatic rings. The van der Waals surface area contributed by atoms with Crippen LogP contribution in [0.2, 0.25) is 0 Å². The summed E-state index contributed by atoms with van der Waals surface area (Å²) >= 11 is 1.65. The van der Waals surface area contributed by atoms with Gasteiger partial charge >= 0.3 is 0 Å². The van der Waals surface area contributed by atoms with Crippen molar-refractivity contribution in [3.63, 3.8) is 0 Å². The van der Waals surface area contributed by atoms with Gasteiger partial charge in [0.2, 0.25) is 5.89 Å². The highest BCUT2D eigenvalue weighted by molar-refractivity contribution is 7.09. The van der Waals surface area contributed by atoms with Gasteiger partial charge in [-0.2, -0.15) is 0 Å². The minimum absolute atomic E-state index is 0.0551. The molecule has 124 valence electrons. The highest BCUT2D eigenvalue weighted by Gasteiger charge is 2.25. The molecule has 6 heteroatoms. The Balaban J connectivity index is 1.48. The number of aryl methyl sites for hydroxylation is 1. The van der Waals surface area contributed by atoms with Crippen molar-refractivity contribution in [2.45, 2.75) is 19.6 Å². The molecule has 1 saturated heterocycles. The van der Waals surface area contributed by atoms with E-state index in [0.717, 1.165) is 41.7 Å². The van der Waals surface area contributed by atoms with Crippen LogP contribution in [0.1, 0.15) is 22.6 Å².